The molecule has 0 unspecified atom stereocenters. The highest BCUT2D eigenvalue weighted by Crippen LogP contribution is 2.25. The third-order valence-corrected chi connectivity index (χ3v) is 3.61. The molecule has 3 aromatic rings. The Labute approximate surface area is 141 Å². The van der Waals surface area contributed by atoms with Crippen molar-refractivity contribution in [3.8, 4) is 0 Å². The quantitative estimate of drug-likeness (QED) is 0.663. The van der Waals surface area contributed by atoms with E-state index in [1.54, 1.807) is 48.9 Å². The first kappa shape index (κ1) is 15.3. The molecule has 116 valence electrons. The summed E-state index contributed by atoms with van der Waals surface area (Å²) in [4.78, 5) is 16.5. The average molecular weight is 348 g/mol. The summed E-state index contributed by atoms with van der Waals surface area (Å²) in [6.45, 7) is 0. The van der Waals surface area contributed by atoms with Crippen molar-refractivity contribution in [2.45, 2.75) is 0 Å². The first-order valence-corrected chi connectivity index (χ1v) is 7.36. The molecule has 0 radical (unpaired) electrons. The molecule has 3 N–H and O–H groups in total. The van der Waals surface area contributed by atoms with E-state index >= 15 is 0 Å². The van der Waals surface area contributed by atoms with Crippen molar-refractivity contribution in [1.82, 2.24) is 15.2 Å². The SMILES string of the molecule is O=C(Nc1ccnc(Nc2cn[nH]c2)c1)c1c(Cl)cccc1Cl. The minimum Gasteiger partial charge on any atom is -0.338 e. The predicted octanol–water partition coefficient (Wildman–Crippen LogP) is 4.11. The Hall–Kier alpha value is -2.57. The van der Waals surface area contributed by atoms with Gasteiger partial charge in [0, 0.05) is 24.1 Å². The Morgan fingerprint density at radius 1 is 1.13 bits per heavy atom. The molecule has 0 aliphatic heterocycles. The van der Waals surface area contributed by atoms with Gasteiger partial charge < -0.3 is 10.6 Å². The number of halogens is 2. The van der Waals surface area contributed by atoms with Crippen molar-refractivity contribution < 1.29 is 4.79 Å². The zero-order chi connectivity index (χ0) is 16.2. The molecule has 0 saturated carbocycles. The van der Waals surface area contributed by atoms with Gasteiger partial charge in [-0.25, -0.2) is 4.98 Å². The lowest BCUT2D eigenvalue weighted by Gasteiger charge is -2.09. The number of hydrogen-bond acceptors (Lipinski definition) is 4. The van der Waals surface area contributed by atoms with E-state index in [0.29, 0.717) is 21.6 Å². The van der Waals surface area contributed by atoms with E-state index in [4.69, 9.17) is 23.2 Å². The van der Waals surface area contributed by atoms with Gasteiger partial charge in [0.1, 0.15) is 5.82 Å². The highest BCUT2D eigenvalue weighted by molar-refractivity contribution is 6.40. The molecular formula is C15H11Cl2N5O. The Balaban J connectivity index is 1.79. The number of pyridine rings is 1. The summed E-state index contributed by atoms with van der Waals surface area (Å²) in [5.74, 6) is 0.176. The third-order valence-electron chi connectivity index (χ3n) is 2.98. The van der Waals surface area contributed by atoms with Crippen LogP contribution in [0.25, 0.3) is 0 Å². The number of hydrogen-bond donors (Lipinski definition) is 3. The molecule has 3 rings (SSSR count). The number of carbonyl (C=O) groups is 1. The number of amides is 1. The summed E-state index contributed by atoms with van der Waals surface area (Å²) in [5.41, 5.74) is 1.55. The van der Waals surface area contributed by atoms with Gasteiger partial charge in [-0.1, -0.05) is 29.3 Å². The molecular weight excluding hydrogens is 337 g/mol. The maximum Gasteiger partial charge on any atom is 0.258 e. The Morgan fingerprint density at radius 3 is 2.61 bits per heavy atom. The van der Waals surface area contributed by atoms with Gasteiger partial charge in [-0.05, 0) is 18.2 Å². The molecule has 23 heavy (non-hydrogen) atoms. The van der Waals surface area contributed by atoms with E-state index in [1.807, 2.05) is 0 Å². The lowest BCUT2D eigenvalue weighted by atomic mass is 10.2. The molecule has 2 heterocycles. The molecule has 6 nitrogen and oxygen atoms in total. The fraction of sp³-hybridized carbons (Fsp3) is 0. The maximum atomic E-state index is 12.3. The molecule has 0 saturated heterocycles. The van der Waals surface area contributed by atoms with Crippen LogP contribution in [-0.2, 0) is 0 Å². The molecule has 1 aromatic carbocycles. The minimum absolute atomic E-state index is 0.233. The number of aromatic nitrogens is 3. The van der Waals surface area contributed by atoms with E-state index in [0.717, 1.165) is 5.69 Å². The van der Waals surface area contributed by atoms with Crippen molar-refractivity contribution >= 4 is 46.3 Å². The lowest BCUT2D eigenvalue weighted by molar-refractivity contribution is 0.102. The van der Waals surface area contributed by atoms with Crippen molar-refractivity contribution in [1.29, 1.82) is 0 Å². The molecule has 0 bridgehead atoms. The minimum atomic E-state index is -0.388. The van der Waals surface area contributed by atoms with E-state index in [2.05, 4.69) is 25.8 Å². The Bertz CT molecular complexity index is 815. The number of nitrogens with zero attached hydrogens (tertiary/aromatic N) is 2. The van der Waals surface area contributed by atoms with Crippen LogP contribution in [0.1, 0.15) is 10.4 Å². The van der Waals surface area contributed by atoms with Gasteiger partial charge in [-0.15, -0.1) is 0 Å². The fourth-order valence-corrected chi connectivity index (χ4v) is 2.52. The zero-order valence-electron chi connectivity index (χ0n) is 11.7. The van der Waals surface area contributed by atoms with Crippen LogP contribution < -0.4 is 10.6 Å². The van der Waals surface area contributed by atoms with Crippen molar-refractivity contribution in [2.24, 2.45) is 0 Å². The van der Waals surface area contributed by atoms with Gasteiger partial charge >= 0.3 is 0 Å². The van der Waals surface area contributed by atoms with E-state index in [-0.39, 0.29) is 11.5 Å². The van der Waals surface area contributed by atoms with Crippen LogP contribution >= 0.6 is 23.2 Å². The normalized spacial score (nSPS) is 10.3. The van der Waals surface area contributed by atoms with Gasteiger partial charge in [-0.3, -0.25) is 9.89 Å². The summed E-state index contributed by atoms with van der Waals surface area (Å²) in [7, 11) is 0. The molecule has 8 heteroatoms. The van der Waals surface area contributed by atoms with Crippen LogP contribution in [0, 0.1) is 0 Å². The average Bonchev–Trinajstić information content (AvgIpc) is 3.00. The molecule has 0 fully saturated rings. The maximum absolute atomic E-state index is 12.3. The summed E-state index contributed by atoms with van der Waals surface area (Å²) in [6.07, 6.45) is 4.89. The molecule has 0 aliphatic rings. The second-order valence-corrected chi connectivity index (χ2v) is 5.41. The number of nitrogens with one attached hydrogen (secondary N) is 3. The number of benzene rings is 1. The number of H-pyrrole nitrogens is 1. The second-order valence-electron chi connectivity index (χ2n) is 4.59. The Morgan fingerprint density at radius 2 is 1.91 bits per heavy atom. The van der Waals surface area contributed by atoms with Crippen LogP contribution in [0.3, 0.4) is 0 Å². The summed E-state index contributed by atoms with van der Waals surface area (Å²) >= 11 is 12.1. The monoisotopic (exact) mass is 347 g/mol. The van der Waals surface area contributed by atoms with Crippen LogP contribution in [0.4, 0.5) is 17.2 Å². The van der Waals surface area contributed by atoms with Crippen molar-refractivity contribution in [3.05, 3.63) is 64.5 Å². The largest absolute Gasteiger partial charge is 0.338 e. The molecule has 0 spiro atoms. The Kier molecular flexibility index (Phi) is 4.45. The second kappa shape index (κ2) is 6.68. The van der Waals surface area contributed by atoms with Gasteiger partial charge in [0.2, 0.25) is 0 Å². The van der Waals surface area contributed by atoms with E-state index in [1.165, 1.54) is 0 Å². The van der Waals surface area contributed by atoms with Crippen LogP contribution in [0.15, 0.2) is 48.9 Å². The van der Waals surface area contributed by atoms with Crippen molar-refractivity contribution in [3.63, 3.8) is 0 Å². The third kappa shape index (κ3) is 3.61. The highest BCUT2D eigenvalue weighted by atomic mass is 35.5. The van der Waals surface area contributed by atoms with Gasteiger partial charge in [0.15, 0.2) is 0 Å². The van der Waals surface area contributed by atoms with Gasteiger partial charge in [0.05, 0.1) is 27.5 Å². The summed E-state index contributed by atoms with van der Waals surface area (Å²) in [5, 5.41) is 12.9. The van der Waals surface area contributed by atoms with Gasteiger partial charge in [0.25, 0.3) is 5.91 Å². The first-order valence-electron chi connectivity index (χ1n) is 6.61. The highest BCUT2D eigenvalue weighted by Gasteiger charge is 2.14. The summed E-state index contributed by atoms with van der Waals surface area (Å²) in [6, 6.07) is 8.27. The first-order chi connectivity index (χ1) is 11.1. The van der Waals surface area contributed by atoms with Crippen molar-refractivity contribution in [2.75, 3.05) is 10.6 Å². The zero-order valence-corrected chi connectivity index (χ0v) is 13.2. The van der Waals surface area contributed by atoms with Crippen LogP contribution in [0.2, 0.25) is 10.0 Å². The number of aromatic amines is 1. The molecule has 0 aliphatic carbocycles. The van der Waals surface area contributed by atoms with Crippen LogP contribution in [-0.4, -0.2) is 21.1 Å². The fourth-order valence-electron chi connectivity index (χ4n) is 1.95. The topological polar surface area (TPSA) is 82.7 Å². The predicted molar refractivity (Wildman–Crippen MR) is 90.5 cm³/mol. The number of rotatable bonds is 4. The number of anilines is 3. The molecule has 1 amide bonds. The summed E-state index contributed by atoms with van der Waals surface area (Å²) < 4.78 is 0. The smallest absolute Gasteiger partial charge is 0.258 e. The standard InChI is InChI=1S/C15H11Cl2N5O/c16-11-2-1-3-12(17)14(11)15(23)22-9-4-5-18-13(6-9)21-10-7-19-20-8-10/h1-8H,(H,19,20)(H2,18,21,22,23). The molecule has 2 aromatic heterocycles. The van der Waals surface area contributed by atoms with E-state index in [9.17, 15) is 4.79 Å². The molecule has 0 atom stereocenters. The lowest BCUT2D eigenvalue weighted by Crippen LogP contribution is -2.13. The van der Waals surface area contributed by atoms with Crippen LogP contribution in [0.5, 0.6) is 0 Å². The van der Waals surface area contributed by atoms with Gasteiger partial charge in [-0.2, -0.15) is 5.10 Å². The number of carbonyl (C=O) groups excluding carboxylic acids is 1. The van der Waals surface area contributed by atoms with E-state index < -0.39 is 0 Å².